The van der Waals surface area contributed by atoms with Gasteiger partial charge in [-0.25, -0.2) is 0 Å². The highest BCUT2D eigenvalue weighted by Crippen LogP contribution is 2.68. The van der Waals surface area contributed by atoms with E-state index in [1.54, 1.807) is 28.1 Å². The molecule has 0 aromatic heterocycles. The third-order valence-corrected chi connectivity index (χ3v) is 18.3. The largest absolute Gasteiger partial charge is 0.394 e. The molecule has 4 heterocycles. The van der Waals surface area contributed by atoms with E-state index in [-0.39, 0.29) is 48.4 Å². The maximum atomic E-state index is 12.5. The maximum Gasteiger partial charge on any atom is 0.187 e. The fourth-order valence-electron chi connectivity index (χ4n) is 14.4. The second-order valence-electron chi connectivity index (χ2n) is 21.6. The number of aliphatic hydroxyl groups is 9. The molecule has 4 saturated heterocycles. The molecule has 0 aromatic carbocycles. The smallest absolute Gasteiger partial charge is 0.187 e. The summed E-state index contributed by atoms with van der Waals surface area (Å²) in [5, 5.41) is 99.2. The molecule has 9 N–H and O–H groups in total. The molecule has 8 rings (SSSR count). The summed E-state index contributed by atoms with van der Waals surface area (Å²) >= 11 is 0. The SMILES string of the molecule is CO[C@H]1[C@@H](O)[C@H](O[C@H]2[C@@H](OC)C[C@H](O[C@H]3[C@@H](OC)C[C@H]([C@H]4CC[C@@]5(C)C(=CC[C@@H]6[C@@H]5[C@H](O)C(O)[C@]5(C)[C@@H]([C@@H](C)O)CC[C@]65O)C4)O[C@@H]3C)O[C@@H]2C)O[C@H](C)[C@H]1O[C@@H]1O[C@H](CO)[C@@H](O)[C@H](O)[C@H]1O. The summed E-state index contributed by atoms with van der Waals surface area (Å²) in [7, 11) is 4.61. The molecule has 28 atom stereocenters. The predicted octanol–water partition coefficient (Wildman–Crippen LogP) is 0.0374. The van der Waals surface area contributed by atoms with E-state index in [0.29, 0.717) is 25.7 Å². The van der Waals surface area contributed by atoms with Crippen molar-refractivity contribution in [3.05, 3.63) is 11.6 Å². The lowest BCUT2D eigenvalue weighted by Gasteiger charge is -2.64. The van der Waals surface area contributed by atoms with Crippen LogP contribution in [0.4, 0.5) is 0 Å². The van der Waals surface area contributed by atoms with Crippen molar-refractivity contribution < 1.29 is 93.3 Å². The number of methoxy groups -OCH3 is 3. The van der Waals surface area contributed by atoms with Crippen LogP contribution in [0, 0.1) is 34.5 Å². The average Bonchev–Trinajstić information content (AvgIpc) is 3.59. The van der Waals surface area contributed by atoms with Crippen molar-refractivity contribution in [1.82, 2.24) is 0 Å². The Morgan fingerprint density at radius 1 is 0.701 bits per heavy atom. The lowest BCUT2D eigenvalue weighted by molar-refractivity contribution is -0.372. The molecule has 0 amide bonds. The van der Waals surface area contributed by atoms with Gasteiger partial charge in [-0.2, -0.15) is 0 Å². The first kappa shape index (κ1) is 52.3. The van der Waals surface area contributed by atoms with Crippen LogP contribution < -0.4 is 0 Å². The van der Waals surface area contributed by atoms with Crippen molar-refractivity contribution >= 4 is 0 Å². The zero-order valence-electron chi connectivity index (χ0n) is 40.5. The Balaban J connectivity index is 0.876. The molecule has 386 valence electrons. The summed E-state index contributed by atoms with van der Waals surface area (Å²) in [6.45, 7) is 10.6. The Morgan fingerprint density at radius 2 is 1.33 bits per heavy atom. The molecule has 67 heavy (non-hydrogen) atoms. The Bertz CT molecular complexity index is 1710. The van der Waals surface area contributed by atoms with Gasteiger partial charge in [0.05, 0.1) is 67.1 Å². The molecule has 19 nitrogen and oxygen atoms in total. The summed E-state index contributed by atoms with van der Waals surface area (Å²) in [5.74, 6) is -0.698. The highest BCUT2D eigenvalue weighted by Gasteiger charge is 2.73. The Hall–Kier alpha value is -1.02. The highest BCUT2D eigenvalue weighted by atomic mass is 16.8. The van der Waals surface area contributed by atoms with Crippen LogP contribution >= 0.6 is 0 Å². The van der Waals surface area contributed by atoms with Crippen LogP contribution in [-0.4, -0.2) is 208 Å². The zero-order valence-corrected chi connectivity index (χ0v) is 40.5. The highest BCUT2D eigenvalue weighted by molar-refractivity contribution is 5.31. The van der Waals surface area contributed by atoms with Gasteiger partial charge in [0.2, 0.25) is 0 Å². The van der Waals surface area contributed by atoms with Gasteiger partial charge in [-0.1, -0.05) is 25.5 Å². The van der Waals surface area contributed by atoms with E-state index in [2.05, 4.69) is 13.0 Å². The average molecular weight is 961 g/mol. The second-order valence-corrected chi connectivity index (χ2v) is 21.6. The third-order valence-electron chi connectivity index (χ3n) is 18.3. The molecule has 4 aliphatic carbocycles. The van der Waals surface area contributed by atoms with Gasteiger partial charge in [0.25, 0.3) is 0 Å². The zero-order chi connectivity index (χ0) is 48.7. The molecule has 8 aliphatic rings. The predicted molar refractivity (Wildman–Crippen MR) is 234 cm³/mol. The van der Waals surface area contributed by atoms with Gasteiger partial charge in [0.1, 0.15) is 54.9 Å². The summed E-state index contributed by atoms with van der Waals surface area (Å²) in [5.41, 5.74) is -1.40. The molecular formula is C48H80O19. The van der Waals surface area contributed by atoms with Gasteiger partial charge in [0, 0.05) is 45.5 Å². The fourth-order valence-corrected chi connectivity index (χ4v) is 14.4. The molecule has 19 heteroatoms. The van der Waals surface area contributed by atoms with Crippen molar-refractivity contribution in [1.29, 1.82) is 0 Å². The van der Waals surface area contributed by atoms with Crippen molar-refractivity contribution in [3.63, 3.8) is 0 Å². The summed E-state index contributed by atoms with van der Waals surface area (Å²) in [6.07, 6.45) is -12.6. The first-order chi connectivity index (χ1) is 31.7. The number of aliphatic hydroxyl groups excluding tert-OH is 8. The maximum absolute atomic E-state index is 12.5. The van der Waals surface area contributed by atoms with Gasteiger partial charge in [-0.15, -0.1) is 0 Å². The van der Waals surface area contributed by atoms with E-state index in [1.165, 1.54) is 12.7 Å². The first-order valence-electron chi connectivity index (χ1n) is 24.6. The van der Waals surface area contributed by atoms with Crippen LogP contribution in [-0.2, 0) is 47.4 Å². The standard InChI is InChI=1S/C48H80O19/c1-20(50)26-13-15-48(57)27-11-10-25-16-24(12-14-46(25,5)33(27)35(52)43(56)47(26,48)6)28-17-29(58-7)39(21(2)61-28)65-32-18-30(59-8)40(22(3)62-32)66-45-38(55)42(60-9)41(23(4)63-45)67-44-37(54)36(53)34(51)31(19-49)64-44/h10,20-24,26-45,49-57H,11-19H2,1-9H3/t20-,21-,22-,23-,24+,26-,27-,28-,29+,30+,31-,32+,33-,34-,35+,36+,37-,38-,39-,40-,41-,42+,43?,44+,45+,46+,47+,48+/m1/s1. The molecule has 7 fully saturated rings. The van der Waals surface area contributed by atoms with E-state index >= 15 is 0 Å². The molecule has 0 bridgehead atoms. The van der Waals surface area contributed by atoms with E-state index in [4.69, 9.17) is 47.4 Å². The summed E-state index contributed by atoms with van der Waals surface area (Å²) in [6, 6.07) is 0. The van der Waals surface area contributed by atoms with E-state index in [0.717, 1.165) is 19.3 Å². The van der Waals surface area contributed by atoms with Crippen molar-refractivity contribution in [2.75, 3.05) is 27.9 Å². The minimum absolute atomic E-state index is 0.128. The van der Waals surface area contributed by atoms with Crippen molar-refractivity contribution in [2.45, 2.75) is 227 Å². The Morgan fingerprint density at radius 3 is 1.99 bits per heavy atom. The second kappa shape index (κ2) is 20.1. The molecule has 1 unspecified atom stereocenters. The lowest BCUT2D eigenvalue weighted by Crippen LogP contribution is -2.71. The Kier molecular flexibility index (Phi) is 15.7. The van der Waals surface area contributed by atoms with E-state index < -0.39 is 133 Å². The molecular weight excluding hydrogens is 881 g/mol. The molecule has 0 aromatic rings. The van der Waals surface area contributed by atoms with Gasteiger partial charge in [-0.3, -0.25) is 0 Å². The minimum Gasteiger partial charge on any atom is -0.394 e. The molecule has 3 saturated carbocycles. The quantitative estimate of drug-likeness (QED) is 0.117. The minimum atomic E-state index is -1.66. The third kappa shape index (κ3) is 8.82. The van der Waals surface area contributed by atoms with Crippen molar-refractivity contribution in [3.8, 4) is 0 Å². The number of ether oxygens (including phenoxy) is 10. The summed E-state index contributed by atoms with van der Waals surface area (Å²) in [4.78, 5) is 0. The number of hydrogen-bond donors (Lipinski definition) is 9. The van der Waals surface area contributed by atoms with Gasteiger partial charge >= 0.3 is 0 Å². The van der Waals surface area contributed by atoms with E-state index in [1.807, 2.05) is 20.8 Å². The topological polar surface area (TPSA) is 274 Å². The lowest BCUT2D eigenvalue weighted by atomic mass is 9.43. The normalized spacial score (nSPS) is 55.2. The van der Waals surface area contributed by atoms with Crippen LogP contribution in [0.5, 0.6) is 0 Å². The molecule has 0 radical (unpaired) electrons. The van der Waals surface area contributed by atoms with Crippen LogP contribution in [0.1, 0.15) is 92.9 Å². The van der Waals surface area contributed by atoms with Crippen LogP contribution in [0.2, 0.25) is 0 Å². The van der Waals surface area contributed by atoms with Gasteiger partial charge in [-0.05, 0) is 89.4 Å². The van der Waals surface area contributed by atoms with Gasteiger partial charge in [0.15, 0.2) is 18.9 Å². The monoisotopic (exact) mass is 961 g/mol. The number of rotatable bonds is 12. The first-order valence-corrected chi connectivity index (χ1v) is 24.6. The molecule has 4 aliphatic heterocycles. The van der Waals surface area contributed by atoms with Crippen molar-refractivity contribution in [2.24, 2.45) is 34.5 Å². The van der Waals surface area contributed by atoms with Crippen LogP contribution in [0.3, 0.4) is 0 Å². The van der Waals surface area contributed by atoms with Crippen LogP contribution in [0.15, 0.2) is 11.6 Å². The van der Waals surface area contributed by atoms with E-state index in [9.17, 15) is 46.0 Å². The number of allylic oxidation sites excluding steroid dienone is 2. The number of fused-ring (bicyclic) bond motifs is 5. The van der Waals surface area contributed by atoms with Gasteiger partial charge < -0.3 is 93.3 Å². The van der Waals surface area contributed by atoms with Crippen LogP contribution in [0.25, 0.3) is 0 Å². The number of hydrogen-bond acceptors (Lipinski definition) is 19. The molecule has 0 spiro atoms. The Labute approximate surface area is 393 Å². The summed E-state index contributed by atoms with van der Waals surface area (Å²) < 4.78 is 61.6. The fraction of sp³-hybridized carbons (Fsp3) is 0.958.